The maximum atomic E-state index is 12.3. The van der Waals surface area contributed by atoms with E-state index in [1.54, 1.807) is 0 Å². The fourth-order valence-corrected chi connectivity index (χ4v) is 4.95. The summed E-state index contributed by atoms with van der Waals surface area (Å²) in [4.78, 5) is 18.9. The van der Waals surface area contributed by atoms with Gasteiger partial charge in [0.2, 0.25) is 0 Å². The van der Waals surface area contributed by atoms with Crippen LogP contribution in [0.2, 0.25) is 5.15 Å². The Morgan fingerprint density at radius 3 is 2.76 bits per heavy atom. The summed E-state index contributed by atoms with van der Waals surface area (Å²) in [6.07, 6.45) is 1.13. The van der Waals surface area contributed by atoms with E-state index in [1.165, 1.54) is 19.2 Å². The Kier molecular flexibility index (Phi) is 4.81. The summed E-state index contributed by atoms with van der Waals surface area (Å²) in [7, 11) is -2.71. The first kappa shape index (κ1) is 16.1. The minimum Gasteiger partial charge on any atom is -0.465 e. The Morgan fingerprint density at radius 1 is 1.43 bits per heavy atom. The number of esters is 1. The van der Waals surface area contributed by atoms with Crippen LogP contribution in [0, 0.1) is 0 Å². The van der Waals surface area contributed by atoms with Gasteiger partial charge in [-0.2, -0.15) is 0 Å². The number of nitrogens with zero attached hydrogens (tertiary/aromatic N) is 2. The van der Waals surface area contributed by atoms with E-state index in [9.17, 15) is 13.2 Å². The molecule has 11 heteroatoms. The predicted molar refractivity (Wildman–Crippen MR) is 81.2 cm³/mol. The van der Waals surface area contributed by atoms with Crippen LogP contribution >= 0.6 is 38.9 Å². The van der Waals surface area contributed by atoms with Crippen molar-refractivity contribution in [3.05, 3.63) is 32.3 Å². The van der Waals surface area contributed by atoms with Gasteiger partial charge in [0, 0.05) is 6.07 Å². The molecule has 0 fully saturated rings. The smallest absolute Gasteiger partial charge is 0.348 e. The normalized spacial score (nSPS) is 11.2. The zero-order chi connectivity index (χ0) is 15.6. The lowest BCUT2D eigenvalue weighted by Gasteiger charge is -2.05. The summed E-state index contributed by atoms with van der Waals surface area (Å²) in [5.74, 6) is -0.597. The van der Waals surface area contributed by atoms with Crippen LogP contribution in [0.5, 0.6) is 0 Å². The van der Waals surface area contributed by atoms with E-state index in [2.05, 4.69) is 35.4 Å². The molecule has 7 nitrogen and oxygen atoms in total. The topological polar surface area (TPSA) is 98.2 Å². The van der Waals surface area contributed by atoms with Crippen molar-refractivity contribution in [2.24, 2.45) is 0 Å². The highest BCUT2D eigenvalue weighted by atomic mass is 79.9. The van der Waals surface area contributed by atoms with Gasteiger partial charge in [0.05, 0.1) is 10.9 Å². The summed E-state index contributed by atoms with van der Waals surface area (Å²) in [6.45, 7) is 0. The fourth-order valence-electron chi connectivity index (χ4n) is 1.32. The molecule has 0 spiro atoms. The van der Waals surface area contributed by atoms with Gasteiger partial charge in [-0.3, -0.25) is 4.72 Å². The SMILES string of the molecule is COC(=O)c1cc(S(=O)(=O)Nc2cc(Cl)ncn2)c(Br)s1. The van der Waals surface area contributed by atoms with Gasteiger partial charge < -0.3 is 4.74 Å². The molecular weight excluding hydrogens is 406 g/mol. The summed E-state index contributed by atoms with van der Waals surface area (Å²) in [5.41, 5.74) is 0. The van der Waals surface area contributed by atoms with Crippen molar-refractivity contribution in [3.8, 4) is 0 Å². The highest BCUT2D eigenvalue weighted by Crippen LogP contribution is 2.33. The van der Waals surface area contributed by atoms with E-state index < -0.39 is 16.0 Å². The molecule has 1 N–H and O–H groups in total. The molecule has 0 saturated heterocycles. The summed E-state index contributed by atoms with van der Waals surface area (Å²) in [6, 6.07) is 2.48. The number of nitrogens with one attached hydrogen (secondary N) is 1. The first-order valence-corrected chi connectivity index (χ1v) is 8.68. The van der Waals surface area contributed by atoms with Crippen LogP contribution in [0.15, 0.2) is 27.1 Å². The van der Waals surface area contributed by atoms with Crippen molar-refractivity contribution in [2.75, 3.05) is 11.8 Å². The third-order valence-corrected chi connectivity index (χ3v) is 6.00. The van der Waals surface area contributed by atoms with Crippen LogP contribution in [-0.2, 0) is 14.8 Å². The molecule has 2 aromatic heterocycles. The van der Waals surface area contributed by atoms with Crippen molar-refractivity contribution < 1.29 is 17.9 Å². The minimum absolute atomic E-state index is 0.0210. The van der Waals surface area contributed by atoms with E-state index in [-0.39, 0.29) is 24.5 Å². The van der Waals surface area contributed by atoms with Gasteiger partial charge >= 0.3 is 5.97 Å². The second-order valence-electron chi connectivity index (χ2n) is 3.57. The number of hydrogen-bond donors (Lipinski definition) is 1. The number of hydrogen-bond acceptors (Lipinski definition) is 7. The molecule has 2 heterocycles. The Labute approximate surface area is 137 Å². The number of carbonyl (C=O) groups is 1. The van der Waals surface area contributed by atoms with E-state index in [0.29, 0.717) is 0 Å². The number of methoxy groups -OCH3 is 1. The third-order valence-electron chi connectivity index (χ3n) is 2.20. The number of sulfonamides is 1. The highest BCUT2D eigenvalue weighted by Gasteiger charge is 2.24. The van der Waals surface area contributed by atoms with Gasteiger partial charge in [-0.05, 0) is 22.0 Å². The molecule has 0 atom stereocenters. The first-order chi connectivity index (χ1) is 9.83. The fraction of sp³-hybridized carbons (Fsp3) is 0.100. The molecule has 0 aliphatic heterocycles. The molecule has 2 rings (SSSR count). The summed E-state index contributed by atoms with van der Waals surface area (Å²) >= 11 is 9.72. The predicted octanol–water partition coefficient (Wildman–Crippen LogP) is 2.54. The molecule has 0 amide bonds. The largest absolute Gasteiger partial charge is 0.465 e. The van der Waals surface area contributed by atoms with E-state index in [1.807, 2.05) is 0 Å². The van der Waals surface area contributed by atoms with Crippen molar-refractivity contribution in [2.45, 2.75) is 4.90 Å². The second kappa shape index (κ2) is 6.26. The molecule has 2 aromatic rings. The van der Waals surface area contributed by atoms with Crippen molar-refractivity contribution in [3.63, 3.8) is 0 Å². The standard InChI is InChI=1S/C10H7BrClN3O4S2/c1-19-10(16)5-2-6(9(11)20-5)21(17,18)15-8-3-7(12)13-4-14-8/h2-4H,1H3,(H,13,14,15). The number of rotatable bonds is 4. The Balaban J connectivity index is 2.36. The molecule has 0 radical (unpaired) electrons. The molecule has 21 heavy (non-hydrogen) atoms. The zero-order valence-electron chi connectivity index (χ0n) is 10.3. The first-order valence-electron chi connectivity index (χ1n) is 5.21. The minimum atomic E-state index is -3.92. The van der Waals surface area contributed by atoms with Crippen LogP contribution in [0.1, 0.15) is 9.67 Å². The van der Waals surface area contributed by atoms with Gasteiger partial charge in [0.25, 0.3) is 10.0 Å². The summed E-state index contributed by atoms with van der Waals surface area (Å²) in [5, 5.41) is 0.0994. The van der Waals surface area contributed by atoms with Gasteiger partial charge in [-0.1, -0.05) is 11.6 Å². The van der Waals surface area contributed by atoms with Gasteiger partial charge in [-0.25, -0.2) is 23.2 Å². The number of carbonyl (C=O) groups excluding carboxylic acids is 1. The van der Waals surface area contributed by atoms with Crippen LogP contribution < -0.4 is 4.72 Å². The quantitative estimate of drug-likeness (QED) is 0.612. The van der Waals surface area contributed by atoms with E-state index in [0.717, 1.165) is 17.7 Å². The highest BCUT2D eigenvalue weighted by molar-refractivity contribution is 9.11. The van der Waals surface area contributed by atoms with E-state index >= 15 is 0 Å². The Hall–Kier alpha value is -1.23. The second-order valence-corrected chi connectivity index (χ2v) is 7.98. The molecule has 0 aliphatic rings. The average Bonchev–Trinajstić information content (AvgIpc) is 2.80. The van der Waals surface area contributed by atoms with Crippen LogP contribution in [0.25, 0.3) is 0 Å². The van der Waals surface area contributed by atoms with E-state index in [4.69, 9.17) is 11.6 Å². The van der Waals surface area contributed by atoms with Crippen LogP contribution in [0.3, 0.4) is 0 Å². The zero-order valence-corrected chi connectivity index (χ0v) is 14.3. The van der Waals surface area contributed by atoms with Crippen molar-refractivity contribution >= 4 is 60.7 Å². The Morgan fingerprint density at radius 2 is 2.14 bits per heavy atom. The number of halogens is 2. The average molecular weight is 413 g/mol. The van der Waals surface area contributed by atoms with Crippen molar-refractivity contribution in [1.82, 2.24) is 9.97 Å². The van der Waals surface area contributed by atoms with Crippen LogP contribution in [-0.4, -0.2) is 31.5 Å². The number of aromatic nitrogens is 2. The monoisotopic (exact) mass is 411 g/mol. The lowest BCUT2D eigenvalue weighted by molar-refractivity contribution is 0.0606. The molecule has 112 valence electrons. The molecule has 0 aromatic carbocycles. The summed E-state index contributed by atoms with van der Waals surface area (Å²) < 4.78 is 31.6. The van der Waals surface area contributed by atoms with Gasteiger partial charge in [-0.15, -0.1) is 11.3 Å². The number of thiophene rings is 1. The lowest BCUT2D eigenvalue weighted by Crippen LogP contribution is -2.13. The van der Waals surface area contributed by atoms with Gasteiger partial charge in [0.15, 0.2) is 0 Å². The molecule has 0 bridgehead atoms. The number of ether oxygens (including phenoxy) is 1. The number of anilines is 1. The molecule has 0 aliphatic carbocycles. The lowest BCUT2D eigenvalue weighted by atomic mass is 10.5. The van der Waals surface area contributed by atoms with Crippen LogP contribution in [0.4, 0.5) is 5.82 Å². The molecule has 0 saturated carbocycles. The molecule has 0 unspecified atom stereocenters. The van der Waals surface area contributed by atoms with Gasteiger partial charge in [0.1, 0.15) is 27.1 Å². The molecular formula is C10H7BrClN3O4S2. The Bertz CT molecular complexity index is 793. The van der Waals surface area contributed by atoms with Crippen molar-refractivity contribution in [1.29, 1.82) is 0 Å². The third kappa shape index (κ3) is 3.70. The maximum Gasteiger partial charge on any atom is 0.348 e. The maximum absolute atomic E-state index is 12.3.